The normalized spacial score (nSPS) is 21.5. The van der Waals surface area contributed by atoms with E-state index in [1.807, 2.05) is 44.2 Å². The number of aliphatic hydroxyl groups is 1. The lowest BCUT2D eigenvalue weighted by atomic mass is 10.0. The summed E-state index contributed by atoms with van der Waals surface area (Å²) in [6.07, 6.45) is 0.379. The van der Waals surface area contributed by atoms with Crippen LogP contribution in [0, 0.1) is 17.3 Å². The SMILES string of the molecule is CCc1ccc(C(O)CN(Cc2ccccc2)CC2C(C(=O)O)C2(C)C)cc1. The molecule has 1 fully saturated rings. The highest BCUT2D eigenvalue weighted by Crippen LogP contribution is 2.58. The summed E-state index contributed by atoms with van der Waals surface area (Å²) in [5.74, 6) is -0.930. The van der Waals surface area contributed by atoms with Crippen molar-refractivity contribution >= 4 is 5.97 Å². The van der Waals surface area contributed by atoms with Crippen LogP contribution >= 0.6 is 0 Å². The van der Waals surface area contributed by atoms with Crippen LogP contribution in [-0.4, -0.2) is 34.2 Å². The molecule has 0 spiro atoms. The van der Waals surface area contributed by atoms with E-state index in [4.69, 9.17) is 0 Å². The van der Waals surface area contributed by atoms with Crippen molar-refractivity contribution in [2.24, 2.45) is 17.3 Å². The van der Waals surface area contributed by atoms with Crippen LogP contribution in [0.25, 0.3) is 0 Å². The van der Waals surface area contributed by atoms with E-state index in [2.05, 4.69) is 36.1 Å². The molecule has 0 aromatic heterocycles. The van der Waals surface area contributed by atoms with E-state index in [0.29, 0.717) is 19.6 Å². The Bertz CT molecular complexity index is 785. The van der Waals surface area contributed by atoms with E-state index in [9.17, 15) is 15.0 Å². The van der Waals surface area contributed by atoms with Crippen molar-refractivity contribution in [3.63, 3.8) is 0 Å². The van der Waals surface area contributed by atoms with E-state index < -0.39 is 12.1 Å². The Morgan fingerprint density at radius 3 is 2.25 bits per heavy atom. The maximum atomic E-state index is 11.6. The first kappa shape index (κ1) is 20.6. The van der Waals surface area contributed by atoms with Crippen LogP contribution in [0.5, 0.6) is 0 Å². The number of aliphatic carboxylic acids is 1. The van der Waals surface area contributed by atoms with Crippen LogP contribution in [0.4, 0.5) is 0 Å². The van der Waals surface area contributed by atoms with Gasteiger partial charge in [0.25, 0.3) is 0 Å². The molecule has 2 aromatic rings. The molecule has 0 radical (unpaired) electrons. The highest BCUT2D eigenvalue weighted by molar-refractivity contribution is 5.75. The van der Waals surface area contributed by atoms with Crippen molar-refractivity contribution in [2.45, 2.75) is 39.8 Å². The van der Waals surface area contributed by atoms with Crippen LogP contribution in [0.3, 0.4) is 0 Å². The van der Waals surface area contributed by atoms with Crippen molar-refractivity contribution in [2.75, 3.05) is 13.1 Å². The molecule has 0 saturated heterocycles. The molecule has 0 heterocycles. The molecule has 3 atom stereocenters. The first-order valence-corrected chi connectivity index (χ1v) is 10.1. The number of benzene rings is 2. The smallest absolute Gasteiger partial charge is 0.307 e. The van der Waals surface area contributed by atoms with Gasteiger partial charge in [0.1, 0.15) is 0 Å². The van der Waals surface area contributed by atoms with E-state index >= 15 is 0 Å². The maximum absolute atomic E-state index is 11.6. The third kappa shape index (κ3) is 4.62. The van der Waals surface area contributed by atoms with Crippen molar-refractivity contribution in [3.05, 3.63) is 71.3 Å². The van der Waals surface area contributed by atoms with Gasteiger partial charge in [-0.1, -0.05) is 75.4 Å². The van der Waals surface area contributed by atoms with Gasteiger partial charge in [0.05, 0.1) is 12.0 Å². The van der Waals surface area contributed by atoms with E-state index in [-0.39, 0.29) is 17.3 Å². The van der Waals surface area contributed by atoms with Crippen molar-refractivity contribution in [1.82, 2.24) is 4.90 Å². The lowest BCUT2D eigenvalue weighted by Gasteiger charge is -2.26. The minimum atomic E-state index is -0.717. The zero-order valence-electron chi connectivity index (χ0n) is 17.0. The van der Waals surface area contributed by atoms with Gasteiger partial charge in [0.15, 0.2) is 0 Å². The highest BCUT2D eigenvalue weighted by atomic mass is 16.4. The number of rotatable bonds is 9. The number of carboxylic acids is 1. The molecule has 0 amide bonds. The van der Waals surface area contributed by atoms with Crippen molar-refractivity contribution in [3.8, 4) is 0 Å². The Hall–Kier alpha value is -2.17. The third-order valence-electron chi connectivity index (χ3n) is 6.22. The van der Waals surface area contributed by atoms with Gasteiger partial charge >= 0.3 is 5.97 Å². The molecule has 2 N–H and O–H groups in total. The molecule has 28 heavy (non-hydrogen) atoms. The van der Waals surface area contributed by atoms with E-state index in [0.717, 1.165) is 12.0 Å². The van der Waals surface area contributed by atoms with E-state index in [1.54, 1.807) is 0 Å². The van der Waals surface area contributed by atoms with Gasteiger partial charge in [0.2, 0.25) is 0 Å². The summed E-state index contributed by atoms with van der Waals surface area (Å²) in [5, 5.41) is 20.3. The fourth-order valence-corrected chi connectivity index (χ4v) is 4.22. The van der Waals surface area contributed by atoms with Gasteiger partial charge in [0, 0.05) is 19.6 Å². The number of hydrogen-bond acceptors (Lipinski definition) is 3. The average Bonchev–Trinajstić information content (AvgIpc) is 3.22. The van der Waals surface area contributed by atoms with Gasteiger partial charge in [-0.25, -0.2) is 0 Å². The number of carboxylic acid groups (broad SMARTS) is 1. The first-order valence-electron chi connectivity index (χ1n) is 10.1. The Morgan fingerprint density at radius 1 is 1.07 bits per heavy atom. The summed E-state index contributed by atoms with van der Waals surface area (Å²) < 4.78 is 0. The maximum Gasteiger partial charge on any atom is 0.307 e. The average molecular weight is 382 g/mol. The minimum Gasteiger partial charge on any atom is -0.481 e. The largest absolute Gasteiger partial charge is 0.481 e. The summed E-state index contributed by atoms with van der Waals surface area (Å²) in [5.41, 5.74) is 3.12. The highest BCUT2D eigenvalue weighted by Gasteiger charge is 2.62. The predicted molar refractivity (Wildman–Crippen MR) is 111 cm³/mol. The molecule has 0 bridgehead atoms. The summed E-state index contributed by atoms with van der Waals surface area (Å²) >= 11 is 0. The van der Waals surface area contributed by atoms with Crippen LogP contribution < -0.4 is 0 Å². The molecule has 150 valence electrons. The van der Waals surface area contributed by atoms with Gasteiger partial charge in [-0.05, 0) is 34.4 Å². The van der Waals surface area contributed by atoms with E-state index in [1.165, 1.54) is 11.1 Å². The van der Waals surface area contributed by atoms with Crippen molar-refractivity contribution in [1.29, 1.82) is 0 Å². The summed E-state index contributed by atoms with van der Waals surface area (Å²) in [4.78, 5) is 13.8. The fourth-order valence-electron chi connectivity index (χ4n) is 4.22. The number of aryl methyl sites for hydroxylation is 1. The van der Waals surface area contributed by atoms with Gasteiger partial charge in [-0.3, -0.25) is 9.69 Å². The minimum absolute atomic E-state index is 0.100. The monoisotopic (exact) mass is 381 g/mol. The fraction of sp³-hybridized carbons (Fsp3) is 0.458. The topological polar surface area (TPSA) is 60.8 Å². The molecule has 3 rings (SSSR count). The Kier molecular flexibility index (Phi) is 6.21. The first-order chi connectivity index (χ1) is 13.3. The summed E-state index contributed by atoms with van der Waals surface area (Å²) in [6, 6.07) is 18.3. The molecule has 3 unspecified atom stereocenters. The van der Waals surface area contributed by atoms with Gasteiger partial charge in [-0.2, -0.15) is 0 Å². The van der Waals surface area contributed by atoms with Crippen LogP contribution in [-0.2, 0) is 17.8 Å². The third-order valence-corrected chi connectivity index (χ3v) is 6.22. The molecular weight excluding hydrogens is 350 g/mol. The number of carbonyl (C=O) groups is 1. The lowest BCUT2D eigenvalue weighted by molar-refractivity contribution is -0.139. The molecule has 4 heteroatoms. The second-order valence-electron chi connectivity index (χ2n) is 8.53. The predicted octanol–water partition coefficient (Wildman–Crippen LogP) is 4.14. The molecular formula is C24H31NO3. The summed E-state index contributed by atoms with van der Waals surface area (Å²) in [7, 11) is 0. The van der Waals surface area contributed by atoms with Gasteiger partial charge < -0.3 is 10.2 Å². The zero-order chi connectivity index (χ0) is 20.3. The number of nitrogens with zero attached hydrogens (tertiary/aromatic N) is 1. The molecule has 4 nitrogen and oxygen atoms in total. The van der Waals surface area contributed by atoms with Crippen LogP contribution in [0.15, 0.2) is 54.6 Å². The molecule has 0 aliphatic heterocycles. The quantitative estimate of drug-likeness (QED) is 0.685. The standard InChI is InChI=1S/C24H31NO3/c1-4-17-10-12-19(13-11-17)21(26)16-25(14-18-8-6-5-7-9-18)15-20-22(23(27)28)24(20,2)3/h5-13,20-22,26H,4,14-16H2,1-3H3,(H,27,28). The Labute approximate surface area is 167 Å². The second-order valence-corrected chi connectivity index (χ2v) is 8.53. The summed E-state index contributed by atoms with van der Waals surface area (Å²) in [6.45, 7) is 8.02. The van der Waals surface area contributed by atoms with Crippen molar-refractivity contribution < 1.29 is 15.0 Å². The Morgan fingerprint density at radius 2 is 1.71 bits per heavy atom. The molecule has 1 saturated carbocycles. The van der Waals surface area contributed by atoms with Gasteiger partial charge in [-0.15, -0.1) is 0 Å². The number of aliphatic hydroxyl groups excluding tert-OH is 1. The molecule has 1 aliphatic carbocycles. The molecule has 2 aromatic carbocycles. The molecule has 1 aliphatic rings. The second kappa shape index (κ2) is 8.46. The lowest BCUT2D eigenvalue weighted by Crippen LogP contribution is -2.31. The number of hydrogen-bond donors (Lipinski definition) is 2. The van der Waals surface area contributed by atoms with Crippen LogP contribution in [0.1, 0.15) is 43.6 Å². The Balaban J connectivity index is 1.73. The zero-order valence-corrected chi connectivity index (χ0v) is 17.0. The van der Waals surface area contributed by atoms with Crippen LogP contribution in [0.2, 0.25) is 0 Å².